The molecule has 0 aliphatic rings. The van der Waals surface area contributed by atoms with Gasteiger partial charge in [0, 0.05) is 7.11 Å². The van der Waals surface area contributed by atoms with Crippen molar-refractivity contribution in [3.05, 3.63) is 29.3 Å². The topological polar surface area (TPSA) is 65.0 Å². The number of aliphatic hydroxyl groups excluding tert-OH is 1. The maximum absolute atomic E-state index is 12.8. The van der Waals surface area contributed by atoms with Gasteiger partial charge in [0.05, 0.1) is 24.8 Å². The lowest BCUT2D eigenvalue weighted by atomic mass is 10.1. The number of alkyl halides is 3. The van der Waals surface area contributed by atoms with Gasteiger partial charge >= 0.3 is 12.1 Å². The van der Waals surface area contributed by atoms with Gasteiger partial charge in [-0.15, -0.1) is 0 Å². The van der Waals surface area contributed by atoms with Crippen molar-refractivity contribution in [1.82, 2.24) is 0 Å². The molecule has 0 aliphatic heterocycles. The summed E-state index contributed by atoms with van der Waals surface area (Å²) < 4.78 is 52.4. The molecule has 1 N–H and O–H groups in total. The van der Waals surface area contributed by atoms with E-state index in [2.05, 4.69) is 9.47 Å². The Morgan fingerprint density at radius 1 is 1.24 bits per heavy atom. The number of ether oxygens (including phenoxy) is 3. The zero-order chi connectivity index (χ0) is 16.0. The van der Waals surface area contributed by atoms with E-state index in [1.165, 1.54) is 7.11 Å². The summed E-state index contributed by atoms with van der Waals surface area (Å²) in [5.74, 6) is -1.11. The number of hydrogen-bond acceptors (Lipinski definition) is 5. The van der Waals surface area contributed by atoms with Crippen LogP contribution in [0.3, 0.4) is 0 Å². The average Bonchev–Trinajstić information content (AvgIpc) is 2.43. The van der Waals surface area contributed by atoms with Crippen LogP contribution in [0.4, 0.5) is 13.2 Å². The number of aliphatic hydroxyl groups is 1. The summed E-state index contributed by atoms with van der Waals surface area (Å²) >= 11 is 0. The normalized spacial score (nSPS) is 12.9. The zero-order valence-electron chi connectivity index (χ0n) is 11.4. The van der Waals surface area contributed by atoms with Crippen molar-refractivity contribution in [3.8, 4) is 5.75 Å². The quantitative estimate of drug-likeness (QED) is 0.813. The first-order chi connectivity index (χ1) is 9.77. The second-order valence-electron chi connectivity index (χ2n) is 4.16. The Morgan fingerprint density at radius 2 is 1.90 bits per heavy atom. The van der Waals surface area contributed by atoms with E-state index in [-0.39, 0.29) is 24.5 Å². The molecule has 0 fully saturated rings. The maximum Gasteiger partial charge on any atom is 0.416 e. The highest BCUT2D eigenvalue weighted by Gasteiger charge is 2.32. The minimum absolute atomic E-state index is 0.0250. The number of hydrogen-bond donors (Lipinski definition) is 1. The lowest BCUT2D eigenvalue weighted by Crippen LogP contribution is -2.23. The molecule has 1 rings (SSSR count). The number of halogens is 3. The molecule has 0 aliphatic carbocycles. The van der Waals surface area contributed by atoms with Crippen LogP contribution in [0.2, 0.25) is 0 Å². The molecular formula is C13H15F3O5. The van der Waals surface area contributed by atoms with Crippen LogP contribution in [0, 0.1) is 0 Å². The molecule has 0 radical (unpaired) electrons. The predicted octanol–water partition coefficient (Wildman–Crippen LogP) is 1.88. The molecule has 8 heteroatoms. The molecule has 0 heterocycles. The van der Waals surface area contributed by atoms with E-state index in [9.17, 15) is 23.1 Å². The second-order valence-corrected chi connectivity index (χ2v) is 4.16. The summed E-state index contributed by atoms with van der Waals surface area (Å²) in [4.78, 5) is 11.4. The maximum atomic E-state index is 12.8. The minimum Gasteiger partial charge on any atom is -0.491 e. The molecule has 1 aromatic carbocycles. The second kappa shape index (κ2) is 7.28. The zero-order valence-corrected chi connectivity index (χ0v) is 11.4. The molecule has 0 spiro atoms. The van der Waals surface area contributed by atoms with Gasteiger partial charge in [-0.3, -0.25) is 0 Å². The van der Waals surface area contributed by atoms with Crippen LogP contribution in [-0.2, 0) is 15.7 Å². The van der Waals surface area contributed by atoms with Crippen LogP contribution in [0.1, 0.15) is 15.9 Å². The third-order valence-electron chi connectivity index (χ3n) is 2.46. The van der Waals surface area contributed by atoms with Gasteiger partial charge in [0.15, 0.2) is 0 Å². The van der Waals surface area contributed by atoms with Gasteiger partial charge in [-0.25, -0.2) is 4.79 Å². The Bertz CT molecular complexity index is 487. The summed E-state index contributed by atoms with van der Waals surface area (Å²) in [6.07, 6.45) is -5.63. The molecule has 0 bridgehead atoms. The molecule has 21 heavy (non-hydrogen) atoms. The van der Waals surface area contributed by atoms with Crippen LogP contribution >= 0.6 is 0 Å². The molecule has 0 saturated carbocycles. The Kier molecular flexibility index (Phi) is 5.98. The summed E-state index contributed by atoms with van der Waals surface area (Å²) in [5.41, 5.74) is -1.33. The van der Waals surface area contributed by atoms with E-state index in [0.717, 1.165) is 19.2 Å². The average molecular weight is 308 g/mol. The molecule has 1 aromatic rings. The summed E-state index contributed by atoms with van der Waals surface area (Å²) in [6, 6.07) is 2.52. The number of carbonyl (C=O) groups is 1. The number of carbonyl (C=O) groups excluding carboxylic acids is 1. The van der Waals surface area contributed by atoms with Crippen molar-refractivity contribution in [3.63, 3.8) is 0 Å². The number of esters is 1. The molecule has 118 valence electrons. The van der Waals surface area contributed by atoms with Crippen molar-refractivity contribution in [2.75, 3.05) is 27.4 Å². The van der Waals surface area contributed by atoms with Gasteiger partial charge in [0.1, 0.15) is 18.5 Å². The van der Waals surface area contributed by atoms with Crippen LogP contribution in [0.5, 0.6) is 5.75 Å². The highest BCUT2D eigenvalue weighted by molar-refractivity contribution is 5.90. The molecule has 0 aromatic heterocycles. The Labute approximate surface area is 119 Å². The fraction of sp³-hybridized carbons (Fsp3) is 0.462. The Balaban J connectivity index is 2.99. The molecule has 5 nitrogen and oxygen atoms in total. The number of methoxy groups -OCH3 is 2. The van der Waals surface area contributed by atoms with Crippen molar-refractivity contribution in [1.29, 1.82) is 0 Å². The fourth-order valence-electron chi connectivity index (χ4n) is 1.51. The van der Waals surface area contributed by atoms with Gasteiger partial charge in [-0.1, -0.05) is 0 Å². The Hall–Kier alpha value is -1.80. The summed E-state index contributed by atoms with van der Waals surface area (Å²) in [7, 11) is 2.42. The van der Waals surface area contributed by atoms with Crippen LogP contribution in [0.25, 0.3) is 0 Å². The molecule has 1 unspecified atom stereocenters. The van der Waals surface area contributed by atoms with E-state index in [1.807, 2.05) is 0 Å². The molecule has 0 amide bonds. The minimum atomic E-state index is -4.63. The molecule has 0 saturated heterocycles. The van der Waals surface area contributed by atoms with Crippen LogP contribution in [0.15, 0.2) is 18.2 Å². The molecular weight excluding hydrogens is 293 g/mol. The van der Waals surface area contributed by atoms with Crippen molar-refractivity contribution >= 4 is 5.97 Å². The highest BCUT2D eigenvalue weighted by atomic mass is 19.4. The van der Waals surface area contributed by atoms with E-state index in [1.54, 1.807) is 0 Å². The van der Waals surface area contributed by atoms with Crippen LogP contribution < -0.4 is 4.74 Å². The van der Waals surface area contributed by atoms with Crippen LogP contribution in [-0.4, -0.2) is 44.6 Å². The monoisotopic (exact) mass is 308 g/mol. The van der Waals surface area contributed by atoms with Gasteiger partial charge < -0.3 is 19.3 Å². The van der Waals surface area contributed by atoms with Gasteiger partial charge in [0.25, 0.3) is 0 Å². The third kappa shape index (κ3) is 5.24. The lowest BCUT2D eigenvalue weighted by molar-refractivity contribution is -0.137. The van der Waals surface area contributed by atoms with E-state index < -0.39 is 23.8 Å². The van der Waals surface area contributed by atoms with E-state index in [0.29, 0.717) is 6.07 Å². The number of benzene rings is 1. The third-order valence-corrected chi connectivity index (χ3v) is 2.46. The lowest BCUT2D eigenvalue weighted by Gasteiger charge is -2.14. The van der Waals surface area contributed by atoms with Crippen molar-refractivity contribution < 1.29 is 37.3 Å². The number of rotatable bonds is 6. The van der Waals surface area contributed by atoms with Gasteiger partial charge in [-0.05, 0) is 18.2 Å². The van der Waals surface area contributed by atoms with Crippen molar-refractivity contribution in [2.24, 2.45) is 0 Å². The largest absolute Gasteiger partial charge is 0.491 e. The smallest absolute Gasteiger partial charge is 0.416 e. The summed E-state index contributed by atoms with van der Waals surface area (Å²) in [5, 5.41) is 9.40. The first-order valence-electron chi connectivity index (χ1n) is 5.88. The first-order valence-corrected chi connectivity index (χ1v) is 5.88. The highest BCUT2D eigenvalue weighted by Crippen LogP contribution is 2.32. The Morgan fingerprint density at radius 3 is 2.43 bits per heavy atom. The van der Waals surface area contributed by atoms with E-state index in [4.69, 9.17) is 4.74 Å². The first kappa shape index (κ1) is 17.3. The fourth-order valence-corrected chi connectivity index (χ4v) is 1.51. The summed E-state index contributed by atoms with van der Waals surface area (Å²) in [6.45, 7) is -0.293. The standard InChI is InChI=1S/C13H15F3O5/c1-19-6-10(17)7-21-11-4-8(12(18)20-2)3-9(5-11)13(14,15)16/h3-5,10,17H,6-7H2,1-2H3. The SMILES string of the molecule is COCC(O)COc1cc(C(=O)OC)cc(C(F)(F)F)c1. The van der Waals surface area contributed by atoms with Gasteiger partial charge in [0.2, 0.25) is 0 Å². The van der Waals surface area contributed by atoms with Gasteiger partial charge in [-0.2, -0.15) is 13.2 Å². The van der Waals surface area contributed by atoms with Crippen molar-refractivity contribution in [2.45, 2.75) is 12.3 Å². The predicted molar refractivity (Wildman–Crippen MR) is 66.2 cm³/mol. The molecule has 1 atom stereocenters. The van der Waals surface area contributed by atoms with E-state index >= 15 is 0 Å².